The summed E-state index contributed by atoms with van der Waals surface area (Å²) < 4.78 is 0. The van der Waals surface area contributed by atoms with Gasteiger partial charge in [0.25, 0.3) is 0 Å². The van der Waals surface area contributed by atoms with Gasteiger partial charge in [0.1, 0.15) is 0 Å². The van der Waals surface area contributed by atoms with Gasteiger partial charge in [-0.05, 0) is 18.9 Å². The molecular weight excluding hydrogens is 256 g/mol. The smallest absolute Gasteiger partial charge is 0.0244 e. The third kappa shape index (κ3) is 8.83. The zero-order valence-corrected chi connectivity index (χ0v) is 15.0. The zero-order valence-electron chi connectivity index (χ0n) is 15.0. The van der Waals surface area contributed by atoms with Gasteiger partial charge in [-0.15, -0.1) is 0 Å². The molecule has 1 atom stereocenters. The fourth-order valence-electron chi connectivity index (χ4n) is 3.50. The highest BCUT2D eigenvalue weighted by Crippen LogP contribution is 2.15. The molecule has 126 valence electrons. The molecule has 0 bridgehead atoms. The van der Waals surface area contributed by atoms with Gasteiger partial charge in [0, 0.05) is 25.7 Å². The van der Waals surface area contributed by atoms with Gasteiger partial charge < -0.3 is 5.32 Å². The average molecular weight is 297 g/mol. The Balaban J connectivity index is 1.93. The van der Waals surface area contributed by atoms with Crippen molar-refractivity contribution in [2.24, 2.45) is 5.92 Å². The van der Waals surface area contributed by atoms with Crippen LogP contribution in [0.2, 0.25) is 0 Å². The third-order valence-electron chi connectivity index (χ3n) is 4.97. The van der Waals surface area contributed by atoms with Gasteiger partial charge in [-0.2, -0.15) is 0 Å². The Morgan fingerprint density at radius 2 is 1.48 bits per heavy atom. The summed E-state index contributed by atoms with van der Waals surface area (Å²) in [6.45, 7) is 12.0. The van der Waals surface area contributed by atoms with E-state index in [0.717, 1.165) is 12.0 Å². The number of unbranched alkanes of at least 4 members (excludes halogenated alkanes) is 9. The Morgan fingerprint density at radius 1 is 0.905 bits per heavy atom. The van der Waals surface area contributed by atoms with Crippen LogP contribution in [0.3, 0.4) is 0 Å². The third-order valence-corrected chi connectivity index (χ3v) is 4.97. The van der Waals surface area contributed by atoms with Crippen LogP contribution in [0.25, 0.3) is 0 Å². The van der Waals surface area contributed by atoms with E-state index < -0.39 is 0 Å². The Morgan fingerprint density at radius 3 is 2.05 bits per heavy atom. The van der Waals surface area contributed by atoms with E-state index in [1.165, 1.54) is 90.4 Å². The highest BCUT2D eigenvalue weighted by Gasteiger charge is 2.23. The second kappa shape index (κ2) is 12.5. The standard InChI is InChI=1S/C19H40N2/c1-4-5-6-7-8-9-10-11-12-13-15-21-16-14-20-17-19(21)18(2)3/h18-20H,4-17H2,1-3H3. The van der Waals surface area contributed by atoms with E-state index in [-0.39, 0.29) is 0 Å². The lowest BCUT2D eigenvalue weighted by molar-refractivity contribution is 0.122. The Bertz CT molecular complexity index is 228. The van der Waals surface area contributed by atoms with Crippen LogP contribution in [0.15, 0.2) is 0 Å². The summed E-state index contributed by atoms with van der Waals surface area (Å²) in [6, 6.07) is 0.761. The molecule has 1 aliphatic rings. The Hall–Kier alpha value is -0.0800. The SMILES string of the molecule is CCCCCCCCCCCCN1CCNCC1C(C)C. The van der Waals surface area contributed by atoms with Crippen molar-refractivity contribution in [3.05, 3.63) is 0 Å². The summed E-state index contributed by atoms with van der Waals surface area (Å²) >= 11 is 0. The first-order chi connectivity index (χ1) is 10.3. The van der Waals surface area contributed by atoms with E-state index >= 15 is 0 Å². The van der Waals surface area contributed by atoms with Crippen molar-refractivity contribution >= 4 is 0 Å². The number of hydrogen-bond donors (Lipinski definition) is 1. The molecule has 0 aromatic heterocycles. The molecule has 0 amide bonds. The fraction of sp³-hybridized carbons (Fsp3) is 1.00. The summed E-state index contributed by atoms with van der Waals surface area (Å²) in [5.41, 5.74) is 0. The van der Waals surface area contributed by atoms with Crippen LogP contribution in [0.4, 0.5) is 0 Å². The van der Waals surface area contributed by atoms with Gasteiger partial charge in [-0.1, -0.05) is 78.6 Å². The highest BCUT2D eigenvalue weighted by molar-refractivity contribution is 4.81. The summed E-state index contributed by atoms with van der Waals surface area (Å²) in [7, 11) is 0. The van der Waals surface area contributed by atoms with Crippen molar-refractivity contribution in [3.63, 3.8) is 0 Å². The quantitative estimate of drug-likeness (QED) is 0.519. The minimum absolute atomic E-state index is 0.761. The van der Waals surface area contributed by atoms with Crippen LogP contribution in [0.5, 0.6) is 0 Å². The molecule has 0 saturated carbocycles. The van der Waals surface area contributed by atoms with Gasteiger partial charge in [-0.3, -0.25) is 4.90 Å². The van der Waals surface area contributed by atoms with Crippen LogP contribution in [-0.4, -0.2) is 37.1 Å². The van der Waals surface area contributed by atoms with E-state index in [2.05, 4.69) is 31.0 Å². The molecule has 0 aromatic carbocycles. The van der Waals surface area contributed by atoms with Crippen LogP contribution in [0, 0.1) is 5.92 Å². The number of piperazine rings is 1. The van der Waals surface area contributed by atoms with Gasteiger partial charge in [0.2, 0.25) is 0 Å². The van der Waals surface area contributed by atoms with E-state index in [1.807, 2.05) is 0 Å². The molecule has 1 fully saturated rings. The molecule has 1 N–H and O–H groups in total. The number of hydrogen-bond acceptors (Lipinski definition) is 2. The molecule has 1 heterocycles. The van der Waals surface area contributed by atoms with Crippen LogP contribution in [0.1, 0.15) is 85.0 Å². The van der Waals surface area contributed by atoms with Crippen LogP contribution in [-0.2, 0) is 0 Å². The van der Waals surface area contributed by atoms with E-state index in [1.54, 1.807) is 0 Å². The van der Waals surface area contributed by atoms with Gasteiger partial charge in [-0.25, -0.2) is 0 Å². The van der Waals surface area contributed by atoms with E-state index in [0.29, 0.717) is 0 Å². The predicted octanol–water partition coefficient (Wildman–Crippen LogP) is 4.84. The lowest BCUT2D eigenvalue weighted by Gasteiger charge is -2.38. The van der Waals surface area contributed by atoms with E-state index in [4.69, 9.17) is 0 Å². The minimum atomic E-state index is 0.761. The monoisotopic (exact) mass is 296 g/mol. The molecule has 1 aliphatic heterocycles. The first-order valence-electron chi connectivity index (χ1n) is 9.70. The molecule has 2 heteroatoms. The van der Waals surface area contributed by atoms with Gasteiger partial charge in [0.15, 0.2) is 0 Å². The van der Waals surface area contributed by atoms with Crippen molar-refractivity contribution in [1.82, 2.24) is 10.2 Å². The molecule has 0 spiro atoms. The van der Waals surface area contributed by atoms with E-state index in [9.17, 15) is 0 Å². The maximum Gasteiger partial charge on any atom is 0.0244 e. The summed E-state index contributed by atoms with van der Waals surface area (Å²) in [4.78, 5) is 2.73. The predicted molar refractivity (Wildman–Crippen MR) is 94.9 cm³/mol. The number of nitrogens with zero attached hydrogens (tertiary/aromatic N) is 1. The Labute approximate surface area is 134 Å². The first-order valence-corrected chi connectivity index (χ1v) is 9.70. The lowest BCUT2D eigenvalue weighted by atomic mass is 10.00. The second-order valence-corrected chi connectivity index (χ2v) is 7.23. The molecule has 0 aliphatic carbocycles. The Kier molecular flexibility index (Phi) is 11.3. The molecule has 21 heavy (non-hydrogen) atoms. The van der Waals surface area contributed by atoms with Crippen LogP contribution < -0.4 is 5.32 Å². The molecule has 2 nitrogen and oxygen atoms in total. The normalized spacial score (nSPS) is 20.3. The number of nitrogens with one attached hydrogen (secondary N) is 1. The van der Waals surface area contributed by atoms with Gasteiger partial charge in [0.05, 0.1) is 0 Å². The molecule has 1 rings (SSSR count). The largest absolute Gasteiger partial charge is 0.314 e. The molecule has 1 saturated heterocycles. The van der Waals surface area contributed by atoms with Crippen molar-refractivity contribution in [2.75, 3.05) is 26.2 Å². The zero-order chi connectivity index (χ0) is 15.3. The first kappa shape index (κ1) is 19.0. The fourth-order valence-corrected chi connectivity index (χ4v) is 3.50. The van der Waals surface area contributed by atoms with Crippen molar-refractivity contribution in [3.8, 4) is 0 Å². The summed E-state index contributed by atoms with van der Waals surface area (Å²) in [5, 5.41) is 3.54. The molecule has 1 unspecified atom stereocenters. The molecule has 0 aromatic rings. The van der Waals surface area contributed by atoms with Gasteiger partial charge >= 0.3 is 0 Å². The minimum Gasteiger partial charge on any atom is -0.314 e. The lowest BCUT2D eigenvalue weighted by Crippen LogP contribution is -2.53. The average Bonchev–Trinajstić information content (AvgIpc) is 2.49. The maximum atomic E-state index is 3.54. The maximum absolute atomic E-state index is 3.54. The highest BCUT2D eigenvalue weighted by atomic mass is 15.2. The van der Waals surface area contributed by atoms with Crippen LogP contribution >= 0.6 is 0 Å². The summed E-state index contributed by atoms with van der Waals surface area (Å²) in [6.07, 6.45) is 14.4. The van der Waals surface area contributed by atoms with Crippen molar-refractivity contribution < 1.29 is 0 Å². The second-order valence-electron chi connectivity index (χ2n) is 7.23. The molecule has 0 radical (unpaired) electrons. The topological polar surface area (TPSA) is 15.3 Å². The van der Waals surface area contributed by atoms with Crippen molar-refractivity contribution in [2.45, 2.75) is 91.0 Å². The molecular formula is C19H40N2. The summed E-state index contributed by atoms with van der Waals surface area (Å²) in [5.74, 6) is 0.779. The number of rotatable bonds is 12. The van der Waals surface area contributed by atoms with Crippen molar-refractivity contribution in [1.29, 1.82) is 0 Å².